The van der Waals surface area contributed by atoms with E-state index in [1.807, 2.05) is 0 Å². The molecule has 0 aromatic carbocycles. The average Bonchev–Trinajstić information content (AvgIpc) is 2.35. The van der Waals surface area contributed by atoms with Crippen LogP contribution in [0, 0.1) is 11.8 Å². The molecule has 1 saturated heterocycles. The quantitative estimate of drug-likeness (QED) is 0.765. The molecule has 2 atom stereocenters. The second-order valence-corrected chi connectivity index (χ2v) is 7.01. The van der Waals surface area contributed by atoms with Crippen LogP contribution in [0.1, 0.15) is 41.5 Å². The fraction of sp³-hybridized carbons (Fsp3) is 1.00. The first-order valence-electron chi connectivity index (χ1n) is 8.10. The van der Waals surface area contributed by atoms with Crippen molar-refractivity contribution in [2.75, 3.05) is 39.3 Å². The number of hydrogen-bond acceptors (Lipinski definition) is 3. The van der Waals surface area contributed by atoms with Crippen LogP contribution >= 0.6 is 0 Å². The van der Waals surface area contributed by atoms with Gasteiger partial charge in [-0.1, -0.05) is 34.6 Å². The number of nitrogens with one attached hydrogen (secondary N) is 1. The molecule has 1 aliphatic rings. The third-order valence-electron chi connectivity index (χ3n) is 4.28. The zero-order chi connectivity index (χ0) is 14.4. The summed E-state index contributed by atoms with van der Waals surface area (Å²) < 4.78 is 0. The van der Waals surface area contributed by atoms with Crippen LogP contribution in [0.4, 0.5) is 0 Å². The van der Waals surface area contributed by atoms with Crippen LogP contribution in [0.15, 0.2) is 0 Å². The molecule has 0 bridgehead atoms. The van der Waals surface area contributed by atoms with Gasteiger partial charge >= 0.3 is 0 Å². The van der Waals surface area contributed by atoms with E-state index in [1.165, 1.54) is 32.7 Å². The zero-order valence-corrected chi connectivity index (χ0v) is 13.9. The monoisotopic (exact) mass is 269 g/mol. The molecule has 2 unspecified atom stereocenters. The second-order valence-electron chi connectivity index (χ2n) is 7.01. The van der Waals surface area contributed by atoms with E-state index in [0.29, 0.717) is 12.1 Å². The smallest absolute Gasteiger partial charge is 0.0113 e. The summed E-state index contributed by atoms with van der Waals surface area (Å²) in [6.07, 6.45) is 0. The molecule has 0 radical (unpaired) electrons. The van der Waals surface area contributed by atoms with Gasteiger partial charge in [-0.3, -0.25) is 4.90 Å². The van der Waals surface area contributed by atoms with Gasteiger partial charge in [-0.25, -0.2) is 0 Å². The maximum Gasteiger partial charge on any atom is 0.0113 e. The lowest BCUT2D eigenvalue weighted by Crippen LogP contribution is -2.52. The van der Waals surface area contributed by atoms with E-state index < -0.39 is 0 Å². The molecule has 1 rings (SSSR count). The molecule has 0 saturated carbocycles. The zero-order valence-electron chi connectivity index (χ0n) is 13.9. The molecule has 1 N–H and O–H groups in total. The van der Waals surface area contributed by atoms with Gasteiger partial charge in [0.05, 0.1) is 0 Å². The van der Waals surface area contributed by atoms with Gasteiger partial charge in [0.1, 0.15) is 0 Å². The Morgan fingerprint density at radius 3 is 1.95 bits per heavy atom. The Labute approximate surface area is 120 Å². The van der Waals surface area contributed by atoms with E-state index in [9.17, 15) is 0 Å². The van der Waals surface area contributed by atoms with Crippen molar-refractivity contribution in [3.05, 3.63) is 0 Å². The minimum absolute atomic E-state index is 0.595. The highest BCUT2D eigenvalue weighted by Gasteiger charge is 2.24. The maximum atomic E-state index is 3.56. The van der Waals surface area contributed by atoms with Gasteiger partial charge in [0.2, 0.25) is 0 Å². The Morgan fingerprint density at radius 1 is 0.895 bits per heavy atom. The van der Waals surface area contributed by atoms with Crippen LogP contribution in [-0.4, -0.2) is 61.2 Å². The molecule has 0 aromatic heterocycles. The minimum atomic E-state index is 0.595. The van der Waals surface area contributed by atoms with Crippen molar-refractivity contribution in [3.8, 4) is 0 Å². The highest BCUT2D eigenvalue weighted by Crippen LogP contribution is 2.14. The normalized spacial score (nSPS) is 22.1. The van der Waals surface area contributed by atoms with E-state index in [4.69, 9.17) is 0 Å². The average molecular weight is 269 g/mol. The fourth-order valence-electron chi connectivity index (χ4n) is 2.82. The molecular formula is C16H35N3. The van der Waals surface area contributed by atoms with E-state index in [-0.39, 0.29) is 0 Å². The molecule has 1 aliphatic heterocycles. The van der Waals surface area contributed by atoms with Crippen molar-refractivity contribution in [1.82, 2.24) is 15.1 Å². The SMILES string of the molecule is CC(C)CN1CCN(C(C)C(C)CNC(C)C)CC1. The lowest BCUT2D eigenvalue weighted by Gasteiger charge is -2.40. The van der Waals surface area contributed by atoms with Gasteiger partial charge in [-0.15, -0.1) is 0 Å². The van der Waals surface area contributed by atoms with Crippen LogP contribution in [0.2, 0.25) is 0 Å². The molecule has 114 valence electrons. The Balaban J connectivity index is 2.29. The van der Waals surface area contributed by atoms with Crippen molar-refractivity contribution in [2.45, 2.75) is 53.6 Å². The van der Waals surface area contributed by atoms with Crippen molar-refractivity contribution < 1.29 is 0 Å². The Hall–Kier alpha value is -0.120. The van der Waals surface area contributed by atoms with E-state index >= 15 is 0 Å². The topological polar surface area (TPSA) is 18.5 Å². The van der Waals surface area contributed by atoms with Gasteiger partial charge in [0.25, 0.3) is 0 Å². The van der Waals surface area contributed by atoms with E-state index in [1.54, 1.807) is 0 Å². The summed E-state index contributed by atoms with van der Waals surface area (Å²) in [6, 6.07) is 1.28. The summed E-state index contributed by atoms with van der Waals surface area (Å²) in [4.78, 5) is 5.29. The van der Waals surface area contributed by atoms with Crippen molar-refractivity contribution in [1.29, 1.82) is 0 Å². The van der Waals surface area contributed by atoms with Gasteiger partial charge in [-0.2, -0.15) is 0 Å². The maximum absolute atomic E-state index is 3.56. The number of hydrogen-bond donors (Lipinski definition) is 1. The van der Waals surface area contributed by atoms with Crippen molar-refractivity contribution >= 4 is 0 Å². The van der Waals surface area contributed by atoms with Crippen LogP contribution in [0.5, 0.6) is 0 Å². The van der Waals surface area contributed by atoms with Crippen LogP contribution in [0.25, 0.3) is 0 Å². The van der Waals surface area contributed by atoms with Gasteiger partial charge in [0.15, 0.2) is 0 Å². The minimum Gasteiger partial charge on any atom is -0.314 e. The highest BCUT2D eigenvalue weighted by atomic mass is 15.3. The standard InChI is InChI=1S/C16H35N3/c1-13(2)12-18-7-9-19(10-8-18)16(6)15(5)11-17-14(3)4/h13-17H,7-12H2,1-6H3. The van der Waals surface area contributed by atoms with Gasteiger partial charge in [0, 0.05) is 44.8 Å². The first-order chi connectivity index (χ1) is 8.90. The molecule has 3 nitrogen and oxygen atoms in total. The summed E-state index contributed by atoms with van der Waals surface area (Å²) in [5, 5.41) is 3.56. The van der Waals surface area contributed by atoms with Crippen molar-refractivity contribution in [3.63, 3.8) is 0 Å². The molecule has 0 amide bonds. The highest BCUT2D eigenvalue weighted by molar-refractivity contribution is 4.80. The van der Waals surface area contributed by atoms with E-state index in [2.05, 4.69) is 56.7 Å². The Morgan fingerprint density at radius 2 is 1.47 bits per heavy atom. The molecule has 1 fully saturated rings. The molecular weight excluding hydrogens is 234 g/mol. The molecule has 19 heavy (non-hydrogen) atoms. The van der Waals surface area contributed by atoms with E-state index in [0.717, 1.165) is 18.4 Å². The molecule has 0 aliphatic carbocycles. The predicted molar refractivity (Wildman–Crippen MR) is 84.6 cm³/mol. The fourth-order valence-corrected chi connectivity index (χ4v) is 2.82. The summed E-state index contributed by atoms with van der Waals surface area (Å²) in [5.74, 6) is 1.51. The summed E-state index contributed by atoms with van der Waals surface area (Å²) in [7, 11) is 0. The number of nitrogens with zero attached hydrogens (tertiary/aromatic N) is 2. The Kier molecular flexibility index (Phi) is 7.33. The molecule has 1 heterocycles. The van der Waals surface area contributed by atoms with Crippen LogP contribution < -0.4 is 5.32 Å². The lowest BCUT2D eigenvalue weighted by molar-refractivity contribution is 0.0744. The first kappa shape index (κ1) is 16.9. The summed E-state index contributed by atoms with van der Waals surface area (Å²) in [5.41, 5.74) is 0. The largest absolute Gasteiger partial charge is 0.314 e. The number of piperazine rings is 1. The second kappa shape index (κ2) is 8.23. The van der Waals surface area contributed by atoms with Crippen LogP contribution in [0.3, 0.4) is 0 Å². The summed E-state index contributed by atoms with van der Waals surface area (Å²) >= 11 is 0. The summed E-state index contributed by atoms with van der Waals surface area (Å²) in [6.45, 7) is 21.2. The molecule has 0 aromatic rings. The Bertz CT molecular complexity index is 232. The molecule has 3 heteroatoms. The lowest BCUT2D eigenvalue weighted by atomic mass is 10.0. The first-order valence-corrected chi connectivity index (χ1v) is 8.10. The third kappa shape index (κ3) is 6.24. The van der Waals surface area contributed by atoms with Gasteiger partial charge in [-0.05, 0) is 25.3 Å². The molecule has 0 spiro atoms. The van der Waals surface area contributed by atoms with Crippen LogP contribution in [-0.2, 0) is 0 Å². The third-order valence-corrected chi connectivity index (χ3v) is 4.28. The van der Waals surface area contributed by atoms with Gasteiger partial charge < -0.3 is 10.2 Å². The van der Waals surface area contributed by atoms with Crippen molar-refractivity contribution in [2.24, 2.45) is 11.8 Å². The predicted octanol–water partition coefficient (Wildman–Crippen LogP) is 2.28. The number of rotatable bonds is 7.